The highest BCUT2D eigenvalue weighted by atomic mass is 32.2. The minimum absolute atomic E-state index is 0.00768. The van der Waals surface area contributed by atoms with E-state index in [4.69, 9.17) is 9.47 Å². The fourth-order valence-corrected chi connectivity index (χ4v) is 7.19. The zero-order chi connectivity index (χ0) is 28.6. The molecule has 2 amide bonds. The summed E-state index contributed by atoms with van der Waals surface area (Å²) in [5.74, 6) is -0.0714. The van der Waals surface area contributed by atoms with Crippen molar-refractivity contribution in [3.8, 4) is 11.5 Å². The number of alkyl carbamates (subject to hydrolysis) is 1. The fourth-order valence-electron chi connectivity index (χ4n) is 4.84. The second-order valence-corrected chi connectivity index (χ2v) is 13.3. The number of carbonyl (C=O) groups is 2. The van der Waals surface area contributed by atoms with Gasteiger partial charge < -0.3 is 25.2 Å². The highest BCUT2D eigenvalue weighted by molar-refractivity contribution is 7.92. The van der Waals surface area contributed by atoms with Crippen LogP contribution in [0.2, 0.25) is 0 Å². The van der Waals surface area contributed by atoms with Crippen LogP contribution in [-0.4, -0.2) is 61.8 Å². The number of benzene rings is 2. The molecular weight excluding hydrogens is 520 g/mol. The van der Waals surface area contributed by atoms with Crippen LogP contribution in [0.1, 0.15) is 62.4 Å². The van der Waals surface area contributed by atoms with Crippen LogP contribution in [0.3, 0.4) is 0 Å². The third-order valence-corrected chi connectivity index (χ3v) is 9.14. The van der Waals surface area contributed by atoms with Gasteiger partial charge in [0.1, 0.15) is 17.1 Å². The Morgan fingerprint density at radius 1 is 1.05 bits per heavy atom. The largest absolute Gasteiger partial charge is 0.507 e. The van der Waals surface area contributed by atoms with E-state index in [1.54, 1.807) is 64.3 Å². The molecule has 3 rings (SSSR count). The number of hydrogen-bond acceptors (Lipinski definition) is 7. The number of sulfone groups is 1. The van der Waals surface area contributed by atoms with E-state index in [9.17, 15) is 23.1 Å². The Hall–Kier alpha value is -3.27. The Labute approximate surface area is 231 Å². The first kappa shape index (κ1) is 30.3. The molecule has 2 aromatic carbocycles. The summed E-state index contributed by atoms with van der Waals surface area (Å²) < 4.78 is 38.5. The first-order valence-corrected chi connectivity index (χ1v) is 15.0. The van der Waals surface area contributed by atoms with Gasteiger partial charge >= 0.3 is 6.09 Å². The summed E-state index contributed by atoms with van der Waals surface area (Å²) in [6.45, 7) is 4.96. The smallest absolute Gasteiger partial charge is 0.407 e. The van der Waals surface area contributed by atoms with Gasteiger partial charge in [0.25, 0.3) is 5.91 Å². The predicted octanol–water partition coefficient (Wildman–Crippen LogP) is 4.24. The fraction of sp³-hybridized carbons (Fsp3) is 0.517. The number of phenols is 1. The van der Waals surface area contributed by atoms with Crippen molar-refractivity contribution in [2.24, 2.45) is 5.92 Å². The van der Waals surface area contributed by atoms with E-state index in [0.29, 0.717) is 5.75 Å². The lowest BCUT2D eigenvalue weighted by molar-refractivity contribution is 0.0500. The molecule has 0 aliphatic heterocycles. The minimum Gasteiger partial charge on any atom is -0.507 e. The van der Waals surface area contributed by atoms with Crippen LogP contribution in [-0.2, 0) is 21.0 Å². The van der Waals surface area contributed by atoms with E-state index >= 15 is 0 Å². The van der Waals surface area contributed by atoms with Gasteiger partial charge in [-0.3, -0.25) is 4.79 Å². The van der Waals surface area contributed by atoms with Crippen LogP contribution in [0, 0.1) is 5.92 Å². The van der Waals surface area contributed by atoms with Gasteiger partial charge in [-0.05, 0) is 75.8 Å². The molecule has 1 fully saturated rings. The predicted molar refractivity (Wildman–Crippen MR) is 150 cm³/mol. The zero-order valence-electron chi connectivity index (χ0n) is 23.1. The van der Waals surface area contributed by atoms with Crippen LogP contribution in [0.25, 0.3) is 0 Å². The number of carbonyl (C=O) groups excluding carboxylic acids is 2. The monoisotopic (exact) mass is 560 g/mol. The maximum absolute atomic E-state index is 13.9. The Bertz CT molecular complexity index is 1220. The summed E-state index contributed by atoms with van der Waals surface area (Å²) in [7, 11) is -2.18. The number of methoxy groups -OCH3 is 1. The third-order valence-electron chi connectivity index (χ3n) is 6.78. The van der Waals surface area contributed by atoms with Crippen molar-refractivity contribution in [1.82, 2.24) is 10.6 Å². The van der Waals surface area contributed by atoms with Gasteiger partial charge in [0, 0.05) is 6.54 Å². The van der Waals surface area contributed by atoms with Crippen molar-refractivity contribution in [2.45, 2.75) is 69.8 Å². The minimum atomic E-state index is -3.73. The summed E-state index contributed by atoms with van der Waals surface area (Å²) >= 11 is 0. The van der Waals surface area contributed by atoms with Crippen molar-refractivity contribution < 1.29 is 32.6 Å². The highest BCUT2D eigenvalue weighted by Gasteiger charge is 2.38. The first-order chi connectivity index (χ1) is 18.4. The van der Waals surface area contributed by atoms with E-state index in [0.717, 1.165) is 31.2 Å². The highest BCUT2D eigenvalue weighted by Crippen LogP contribution is 2.29. The van der Waals surface area contributed by atoms with E-state index < -0.39 is 38.7 Å². The Kier molecular flexibility index (Phi) is 10.2. The number of hydrogen-bond donors (Lipinski definition) is 3. The molecule has 0 bridgehead atoms. The average Bonchev–Trinajstić information content (AvgIpc) is 3.37. The number of ether oxygens (including phenoxy) is 2. The van der Waals surface area contributed by atoms with Crippen molar-refractivity contribution in [1.29, 1.82) is 0 Å². The Morgan fingerprint density at radius 2 is 1.69 bits per heavy atom. The summed E-state index contributed by atoms with van der Waals surface area (Å²) in [5.41, 5.74) is -0.00472. The molecule has 0 radical (unpaired) electrons. The van der Waals surface area contributed by atoms with Crippen LogP contribution < -0.4 is 15.4 Å². The molecule has 214 valence electrons. The lowest BCUT2D eigenvalue weighted by Gasteiger charge is -2.30. The Morgan fingerprint density at radius 3 is 2.28 bits per heavy atom. The molecule has 39 heavy (non-hydrogen) atoms. The standard InChI is InChI=1S/C29H40N2O7S/c1-29(2,3)38-28(34)31-24(18-30-27(33)23-11-7-8-12-25(23)32)26(17-20-13-15-22(37-4)16-14-20)39(35,36)19-21-9-5-6-10-21/h7-8,11-16,21,24,26,32H,5-6,9-10,17-19H2,1-4H3,(H,30,33)(H,31,34). The third kappa shape index (κ3) is 9.16. The molecule has 2 unspecified atom stereocenters. The molecule has 1 saturated carbocycles. The van der Waals surface area contributed by atoms with Crippen molar-refractivity contribution in [2.75, 3.05) is 19.4 Å². The van der Waals surface area contributed by atoms with E-state index in [-0.39, 0.29) is 35.9 Å². The average molecular weight is 561 g/mol. The van der Waals surface area contributed by atoms with Crippen molar-refractivity contribution >= 4 is 21.8 Å². The molecule has 2 aromatic rings. The van der Waals surface area contributed by atoms with Crippen molar-refractivity contribution in [3.63, 3.8) is 0 Å². The summed E-state index contributed by atoms with van der Waals surface area (Å²) in [5, 5.41) is 14.5. The molecule has 0 aromatic heterocycles. The molecule has 1 aliphatic rings. The summed E-state index contributed by atoms with van der Waals surface area (Å²) in [6.07, 6.45) is 3.04. The second kappa shape index (κ2) is 13.2. The van der Waals surface area contributed by atoms with E-state index in [1.165, 1.54) is 12.1 Å². The number of amides is 2. The van der Waals surface area contributed by atoms with Crippen LogP contribution >= 0.6 is 0 Å². The summed E-state index contributed by atoms with van der Waals surface area (Å²) in [4.78, 5) is 25.7. The molecule has 9 nitrogen and oxygen atoms in total. The molecule has 10 heteroatoms. The zero-order valence-corrected chi connectivity index (χ0v) is 23.9. The second-order valence-electron chi connectivity index (χ2n) is 11.1. The molecule has 0 heterocycles. The van der Waals surface area contributed by atoms with E-state index in [1.807, 2.05) is 0 Å². The molecule has 2 atom stereocenters. The topological polar surface area (TPSA) is 131 Å². The summed E-state index contributed by atoms with van der Waals surface area (Å²) in [6, 6.07) is 12.2. The molecule has 1 aliphatic carbocycles. The van der Waals surface area contributed by atoms with Gasteiger partial charge in [-0.25, -0.2) is 13.2 Å². The molecule has 0 spiro atoms. The van der Waals surface area contributed by atoms with Crippen LogP contribution in [0.15, 0.2) is 48.5 Å². The number of para-hydroxylation sites is 1. The van der Waals surface area contributed by atoms with E-state index in [2.05, 4.69) is 10.6 Å². The Balaban J connectivity index is 1.93. The van der Waals surface area contributed by atoms with Gasteiger partial charge in [-0.2, -0.15) is 0 Å². The number of rotatable bonds is 11. The lowest BCUT2D eigenvalue weighted by atomic mass is 10.0. The van der Waals surface area contributed by atoms with Gasteiger partial charge in [0.2, 0.25) is 0 Å². The number of phenolic OH excluding ortho intramolecular Hbond substituents is 1. The van der Waals surface area contributed by atoms with Crippen LogP contribution in [0.4, 0.5) is 4.79 Å². The van der Waals surface area contributed by atoms with Gasteiger partial charge in [0.15, 0.2) is 9.84 Å². The maximum Gasteiger partial charge on any atom is 0.407 e. The molecule has 0 saturated heterocycles. The van der Waals surface area contributed by atoms with Crippen molar-refractivity contribution in [3.05, 3.63) is 59.7 Å². The van der Waals surface area contributed by atoms with Gasteiger partial charge in [-0.1, -0.05) is 37.1 Å². The van der Waals surface area contributed by atoms with Crippen LogP contribution in [0.5, 0.6) is 11.5 Å². The molecular formula is C29H40N2O7S. The number of nitrogens with one attached hydrogen (secondary N) is 2. The maximum atomic E-state index is 13.9. The first-order valence-electron chi connectivity index (χ1n) is 13.3. The normalized spacial score (nSPS) is 15.8. The molecule has 3 N–H and O–H groups in total. The quantitative estimate of drug-likeness (QED) is 0.375. The SMILES string of the molecule is COc1ccc(CC(C(CNC(=O)c2ccccc2O)NC(=O)OC(C)(C)C)S(=O)(=O)CC2CCCC2)cc1. The number of aromatic hydroxyl groups is 1. The van der Waals surface area contributed by atoms with Gasteiger partial charge in [-0.15, -0.1) is 0 Å². The van der Waals surface area contributed by atoms with Gasteiger partial charge in [0.05, 0.1) is 29.7 Å². The lowest BCUT2D eigenvalue weighted by Crippen LogP contribution is -2.55.